The van der Waals surface area contributed by atoms with Gasteiger partial charge in [-0.2, -0.15) is 0 Å². The fourth-order valence-corrected chi connectivity index (χ4v) is 1.04. The van der Waals surface area contributed by atoms with Gasteiger partial charge in [0.15, 0.2) is 0 Å². The maximum atomic E-state index is 5.45. The minimum absolute atomic E-state index is 0.468. The Kier molecular flexibility index (Phi) is 2.09. The van der Waals surface area contributed by atoms with Crippen molar-refractivity contribution in [3.63, 3.8) is 0 Å². The van der Waals surface area contributed by atoms with Gasteiger partial charge in [0.1, 0.15) is 0 Å². The summed E-state index contributed by atoms with van der Waals surface area (Å²) in [5.74, 6) is 0.662. The van der Waals surface area contributed by atoms with Gasteiger partial charge in [0.2, 0.25) is 0 Å². The molecule has 2 nitrogen and oxygen atoms in total. The fraction of sp³-hybridized carbons (Fsp3) is 1.00. The predicted molar refractivity (Wildman–Crippen MR) is 37.2 cm³/mol. The number of ether oxygens (including phenoxy) is 1. The van der Waals surface area contributed by atoms with Crippen molar-refractivity contribution in [2.45, 2.75) is 20.0 Å². The first-order valence-electron chi connectivity index (χ1n) is 3.50. The van der Waals surface area contributed by atoms with E-state index in [0.29, 0.717) is 12.0 Å². The maximum Gasteiger partial charge on any atom is 0.0993 e. The third kappa shape index (κ3) is 1.66. The van der Waals surface area contributed by atoms with E-state index in [1.807, 2.05) is 0 Å². The summed E-state index contributed by atoms with van der Waals surface area (Å²) in [6, 6.07) is 0. The molecule has 0 aromatic heterocycles. The average Bonchev–Trinajstić information content (AvgIpc) is 2.14. The molecular weight excluding hydrogens is 114 g/mol. The highest BCUT2D eigenvalue weighted by Crippen LogP contribution is 2.13. The number of hydrogen-bond donors (Lipinski definition) is 0. The van der Waals surface area contributed by atoms with Gasteiger partial charge in [-0.3, -0.25) is 4.90 Å². The van der Waals surface area contributed by atoms with E-state index in [4.69, 9.17) is 4.74 Å². The van der Waals surface area contributed by atoms with Crippen LogP contribution in [0.2, 0.25) is 0 Å². The lowest BCUT2D eigenvalue weighted by Gasteiger charge is -2.11. The van der Waals surface area contributed by atoms with Crippen molar-refractivity contribution in [1.82, 2.24) is 4.90 Å². The van der Waals surface area contributed by atoms with Crippen LogP contribution in [0.4, 0.5) is 0 Å². The molecule has 1 unspecified atom stereocenters. The molecule has 1 heterocycles. The molecule has 0 spiro atoms. The van der Waals surface area contributed by atoms with Crippen LogP contribution in [0.3, 0.4) is 0 Å². The molecule has 2 heteroatoms. The van der Waals surface area contributed by atoms with Gasteiger partial charge >= 0.3 is 0 Å². The third-order valence-electron chi connectivity index (χ3n) is 1.74. The lowest BCUT2D eigenvalue weighted by atomic mass is 10.1. The van der Waals surface area contributed by atoms with Gasteiger partial charge in [0, 0.05) is 6.54 Å². The van der Waals surface area contributed by atoms with Crippen LogP contribution in [0.1, 0.15) is 13.8 Å². The monoisotopic (exact) mass is 129 g/mol. The molecule has 1 aliphatic heterocycles. The van der Waals surface area contributed by atoms with Crippen molar-refractivity contribution in [3.05, 3.63) is 0 Å². The molecule has 0 aromatic rings. The molecule has 0 N–H and O–H groups in total. The topological polar surface area (TPSA) is 12.5 Å². The first-order chi connectivity index (χ1) is 4.20. The molecule has 1 saturated heterocycles. The van der Waals surface area contributed by atoms with E-state index in [9.17, 15) is 0 Å². The molecule has 0 aromatic carbocycles. The van der Waals surface area contributed by atoms with Gasteiger partial charge in [-0.05, 0) is 13.0 Å². The van der Waals surface area contributed by atoms with Crippen LogP contribution in [0.15, 0.2) is 0 Å². The van der Waals surface area contributed by atoms with Gasteiger partial charge < -0.3 is 4.74 Å². The van der Waals surface area contributed by atoms with Crippen LogP contribution in [0, 0.1) is 5.92 Å². The van der Waals surface area contributed by atoms with Crippen LogP contribution >= 0.6 is 0 Å². The molecule has 0 saturated carbocycles. The molecule has 0 bridgehead atoms. The van der Waals surface area contributed by atoms with Crippen LogP contribution in [-0.2, 0) is 4.74 Å². The zero-order valence-electron chi connectivity index (χ0n) is 6.42. The van der Waals surface area contributed by atoms with Crippen LogP contribution < -0.4 is 0 Å². The van der Waals surface area contributed by atoms with Crippen molar-refractivity contribution in [2.75, 3.05) is 20.3 Å². The zero-order valence-corrected chi connectivity index (χ0v) is 6.42. The second-order valence-electron chi connectivity index (χ2n) is 3.12. The summed E-state index contributed by atoms with van der Waals surface area (Å²) >= 11 is 0. The largest absolute Gasteiger partial charge is 0.361 e. The van der Waals surface area contributed by atoms with Gasteiger partial charge in [-0.15, -0.1) is 0 Å². The minimum Gasteiger partial charge on any atom is -0.361 e. The minimum atomic E-state index is 0.468. The Morgan fingerprint density at radius 2 is 2.22 bits per heavy atom. The van der Waals surface area contributed by atoms with Gasteiger partial charge in [0.05, 0.1) is 12.8 Å². The Morgan fingerprint density at radius 1 is 1.56 bits per heavy atom. The van der Waals surface area contributed by atoms with E-state index >= 15 is 0 Å². The first kappa shape index (κ1) is 7.03. The van der Waals surface area contributed by atoms with E-state index < -0.39 is 0 Å². The summed E-state index contributed by atoms with van der Waals surface area (Å²) < 4.78 is 5.45. The molecule has 0 amide bonds. The fourth-order valence-electron chi connectivity index (χ4n) is 1.04. The van der Waals surface area contributed by atoms with Crippen molar-refractivity contribution in [1.29, 1.82) is 0 Å². The van der Waals surface area contributed by atoms with E-state index in [-0.39, 0.29) is 0 Å². The molecule has 9 heavy (non-hydrogen) atoms. The van der Waals surface area contributed by atoms with E-state index in [0.717, 1.165) is 13.3 Å². The highest BCUT2D eigenvalue weighted by Gasteiger charge is 2.22. The Labute approximate surface area is 56.8 Å². The van der Waals surface area contributed by atoms with E-state index in [1.54, 1.807) is 0 Å². The summed E-state index contributed by atoms with van der Waals surface area (Å²) in [7, 11) is 2.09. The number of nitrogens with zero attached hydrogens (tertiary/aromatic N) is 1. The summed E-state index contributed by atoms with van der Waals surface area (Å²) in [6.07, 6.45) is 0.468. The predicted octanol–water partition coefficient (Wildman–Crippen LogP) is 0.930. The number of rotatable bonds is 1. The molecule has 1 aliphatic rings. The molecule has 0 radical (unpaired) electrons. The number of likely N-dealkylation sites (N-methyl/N-ethyl adjacent to an activating group) is 1. The Morgan fingerprint density at radius 3 is 2.44 bits per heavy atom. The highest BCUT2D eigenvalue weighted by molar-refractivity contribution is 4.70. The van der Waals surface area contributed by atoms with E-state index in [1.165, 1.54) is 0 Å². The smallest absolute Gasteiger partial charge is 0.0993 e. The molecule has 1 atom stereocenters. The second kappa shape index (κ2) is 2.67. The van der Waals surface area contributed by atoms with Crippen molar-refractivity contribution < 1.29 is 4.74 Å². The van der Waals surface area contributed by atoms with Crippen LogP contribution in [0.25, 0.3) is 0 Å². The third-order valence-corrected chi connectivity index (χ3v) is 1.74. The normalized spacial score (nSPS) is 30.0. The van der Waals surface area contributed by atoms with Crippen molar-refractivity contribution >= 4 is 0 Å². The number of hydrogen-bond acceptors (Lipinski definition) is 2. The lowest BCUT2D eigenvalue weighted by Crippen LogP contribution is -2.21. The quantitative estimate of drug-likeness (QED) is 0.522. The molecular formula is C7H15NO. The summed E-state index contributed by atoms with van der Waals surface area (Å²) in [5, 5.41) is 0. The summed E-state index contributed by atoms with van der Waals surface area (Å²) in [6.45, 7) is 6.30. The summed E-state index contributed by atoms with van der Waals surface area (Å²) in [4.78, 5) is 2.20. The molecule has 0 aliphatic carbocycles. The Balaban J connectivity index is 2.30. The zero-order chi connectivity index (χ0) is 6.85. The van der Waals surface area contributed by atoms with Gasteiger partial charge in [-0.1, -0.05) is 13.8 Å². The second-order valence-corrected chi connectivity index (χ2v) is 3.12. The van der Waals surface area contributed by atoms with Gasteiger partial charge in [-0.25, -0.2) is 0 Å². The lowest BCUT2D eigenvalue weighted by molar-refractivity contribution is 0.0679. The Bertz CT molecular complexity index is 92.9. The molecule has 1 rings (SSSR count). The van der Waals surface area contributed by atoms with Gasteiger partial charge in [0.25, 0.3) is 0 Å². The molecule has 1 fully saturated rings. The van der Waals surface area contributed by atoms with Crippen molar-refractivity contribution in [3.8, 4) is 0 Å². The highest BCUT2D eigenvalue weighted by atomic mass is 16.5. The van der Waals surface area contributed by atoms with Crippen LogP contribution in [-0.4, -0.2) is 31.3 Å². The standard InChI is InChI=1S/C7H15NO/c1-6(2)7-4-8(3)5-9-7/h6-7H,4-5H2,1-3H3. The maximum absolute atomic E-state index is 5.45. The Hall–Kier alpha value is -0.0800. The SMILES string of the molecule is CC(C)C1CN(C)CO1. The van der Waals surface area contributed by atoms with E-state index in [2.05, 4.69) is 25.8 Å². The summed E-state index contributed by atoms with van der Waals surface area (Å²) in [5.41, 5.74) is 0. The first-order valence-corrected chi connectivity index (χ1v) is 3.50. The van der Waals surface area contributed by atoms with Crippen molar-refractivity contribution in [2.24, 2.45) is 5.92 Å². The van der Waals surface area contributed by atoms with Crippen LogP contribution in [0.5, 0.6) is 0 Å². The molecule has 54 valence electrons. The average molecular weight is 129 g/mol.